The van der Waals surface area contributed by atoms with Gasteiger partial charge in [-0.15, -0.1) is 0 Å². The van der Waals surface area contributed by atoms with E-state index in [0.717, 1.165) is 19.6 Å². The first-order chi connectivity index (χ1) is 6.47. The van der Waals surface area contributed by atoms with E-state index in [9.17, 15) is 4.79 Å². The number of nitrogens with zero attached hydrogens (tertiary/aromatic N) is 1. The summed E-state index contributed by atoms with van der Waals surface area (Å²) >= 11 is 0. The Labute approximate surface area is 85.7 Å². The van der Waals surface area contributed by atoms with Gasteiger partial charge in [-0.05, 0) is 40.3 Å². The van der Waals surface area contributed by atoms with Gasteiger partial charge in [-0.25, -0.2) is 4.79 Å². The molecule has 1 fully saturated rings. The Bertz CT molecular complexity index is 224. The lowest BCUT2D eigenvalue weighted by Gasteiger charge is -2.29. The van der Waals surface area contributed by atoms with Gasteiger partial charge in [0.15, 0.2) is 0 Å². The van der Waals surface area contributed by atoms with E-state index in [1.54, 1.807) is 0 Å². The second-order valence-electron chi connectivity index (χ2n) is 4.59. The van der Waals surface area contributed by atoms with Gasteiger partial charge in [0.2, 0.25) is 0 Å². The van der Waals surface area contributed by atoms with Crippen molar-refractivity contribution < 1.29 is 9.53 Å². The lowest BCUT2D eigenvalue weighted by molar-refractivity contribution is -0.148. The predicted molar refractivity (Wildman–Crippen MR) is 56.0 cm³/mol. The Morgan fingerprint density at radius 1 is 1.43 bits per heavy atom. The van der Waals surface area contributed by atoms with Crippen molar-refractivity contribution >= 4 is 5.97 Å². The van der Waals surface area contributed by atoms with E-state index in [1.807, 2.05) is 26.8 Å². The molecule has 0 aliphatic carbocycles. The summed E-state index contributed by atoms with van der Waals surface area (Å²) in [4.78, 5) is 13.5. The fourth-order valence-corrected chi connectivity index (χ4v) is 1.20. The van der Waals surface area contributed by atoms with Crippen LogP contribution in [-0.2, 0) is 9.53 Å². The topological polar surface area (TPSA) is 29.5 Å². The zero-order chi connectivity index (χ0) is 10.6. The van der Waals surface area contributed by atoms with Crippen molar-refractivity contribution in [3.63, 3.8) is 0 Å². The summed E-state index contributed by atoms with van der Waals surface area (Å²) in [6, 6.07) is 0. The summed E-state index contributed by atoms with van der Waals surface area (Å²) < 4.78 is 5.13. The third kappa shape index (κ3) is 4.42. The molecule has 0 N–H and O–H groups in total. The highest BCUT2D eigenvalue weighted by molar-refractivity contribution is 5.82. The summed E-state index contributed by atoms with van der Waals surface area (Å²) in [6.45, 7) is 8.77. The van der Waals surface area contributed by atoms with Gasteiger partial charge >= 0.3 is 5.97 Å². The molecule has 0 aromatic rings. The van der Waals surface area contributed by atoms with Gasteiger partial charge in [0.1, 0.15) is 5.60 Å². The van der Waals surface area contributed by atoms with Crippen LogP contribution in [0.5, 0.6) is 0 Å². The van der Waals surface area contributed by atoms with Crippen molar-refractivity contribution in [2.45, 2.75) is 32.8 Å². The molecule has 0 bridgehead atoms. The van der Waals surface area contributed by atoms with Gasteiger partial charge < -0.3 is 4.74 Å². The van der Waals surface area contributed by atoms with E-state index >= 15 is 0 Å². The van der Waals surface area contributed by atoms with Crippen molar-refractivity contribution in [1.29, 1.82) is 0 Å². The minimum Gasteiger partial charge on any atom is -0.457 e. The van der Waals surface area contributed by atoms with Gasteiger partial charge in [0, 0.05) is 12.6 Å². The number of hydrogen-bond acceptors (Lipinski definition) is 3. The van der Waals surface area contributed by atoms with Gasteiger partial charge in [0.25, 0.3) is 0 Å². The van der Waals surface area contributed by atoms with Crippen LogP contribution >= 0.6 is 0 Å². The molecule has 0 aromatic carbocycles. The van der Waals surface area contributed by atoms with Crippen LogP contribution in [0.2, 0.25) is 0 Å². The first-order valence-corrected chi connectivity index (χ1v) is 5.09. The summed E-state index contributed by atoms with van der Waals surface area (Å²) in [7, 11) is 0. The van der Waals surface area contributed by atoms with Crippen LogP contribution < -0.4 is 0 Å². The summed E-state index contributed by atoms with van der Waals surface area (Å²) in [5, 5.41) is 0. The summed E-state index contributed by atoms with van der Waals surface area (Å²) in [5.74, 6) is -0.252. The van der Waals surface area contributed by atoms with Crippen LogP contribution in [0.3, 0.4) is 0 Å². The van der Waals surface area contributed by atoms with E-state index in [-0.39, 0.29) is 5.97 Å². The number of ether oxygens (including phenoxy) is 1. The van der Waals surface area contributed by atoms with E-state index in [4.69, 9.17) is 4.74 Å². The van der Waals surface area contributed by atoms with Crippen LogP contribution in [0.15, 0.2) is 12.2 Å². The molecule has 0 aromatic heterocycles. The van der Waals surface area contributed by atoms with E-state index < -0.39 is 5.60 Å². The highest BCUT2D eigenvalue weighted by atomic mass is 16.6. The minimum atomic E-state index is -0.391. The largest absolute Gasteiger partial charge is 0.457 e. The predicted octanol–water partition coefficient (Wildman–Crippen LogP) is 1.59. The minimum absolute atomic E-state index is 0.252. The molecule has 3 heteroatoms. The Morgan fingerprint density at radius 3 is 2.50 bits per heavy atom. The Kier molecular flexibility index (Phi) is 3.69. The van der Waals surface area contributed by atoms with Gasteiger partial charge in [-0.1, -0.05) is 6.08 Å². The number of likely N-dealkylation sites (tertiary alicyclic amines) is 1. The quantitative estimate of drug-likeness (QED) is 0.508. The van der Waals surface area contributed by atoms with Crippen LogP contribution in [-0.4, -0.2) is 36.1 Å². The molecule has 1 saturated heterocycles. The highest BCUT2D eigenvalue weighted by Gasteiger charge is 2.14. The Hall–Kier alpha value is -0.830. The maximum absolute atomic E-state index is 11.2. The zero-order valence-corrected chi connectivity index (χ0v) is 9.25. The molecule has 3 nitrogen and oxygen atoms in total. The molecule has 0 spiro atoms. The smallest absolute Gasteiger partial charge is 0.330 e. The summed E-state index contributed by atoms with van der Waals surface area (Å²) in [5.41, 5.74) is -0.391. The van der Waals surface area contributed by atoms with E-state index in [0.29, 0.717) is 0 Å². The standard InChI is InChI=1S/C11H19NO2/c1-11(2,3)14-10(13)6-4-7-12-8-5-9-12/h4,6H,5,7-9H2,1-3H3/b6-4+. The molecule has 1 heterocycles. The molecule has 80 valence electrons. The second kappa shape index (κ2) is 4.60. The molecule has 1 aliphatic heterocycles. The van der Waals surface area contributed by atoms with Crippen LogP contribution in [0.25, 0.3) is 0 Å². The average molecular weight is 197 g/mol. The Morgan fingerprint density at radius 2 is 2.07 bits per heavy atom. The maximum Gasteiger partial charge on any atom is 0.330 e. The molecule has 1 aliphatic rings. The van der Waals surface area contributed by atoms with Gasteiger partial charge in [-0.3, -0.25) is 4.90 Å². The highest BCUT2D eigenvalue weighted by Crippen LogP contribution is 2.08. The molecule has 0 amide bonds. The van der Waals surface area contributed by atoms with Gasteiger partial charge in [0.05, 0.1) is 0 Å². The first kappa shape index (κ1) is 11.2. The van der Waals surface area contributed by atoms with Crippen molar-refractivity contribution in [3.05, 3.63) is 12.2 Å². The fraction of sp³-hybridized carbons (Fsp3) is 0.727. The lowest BCUT2D eigenvalue weighted by atomic mass is 10.2. The second-order valence-corrected chi connectivity index (χ2v) is 4.59. The van der Waals surface area contributed by atoms with Crippen molar-refractivity contribution in [1.82, 2.24) is 4.90 Å². The molecular formula is C11H19NO2. The lowest BCUT2D eigenvalue weighted by Crippen LogP contribution is -2.37. The number of rotatable bonds is 3. The van der Waals surface area contributed by atoms with E-state index in [1.165, 1.54) is 12.5 Å². The third-order valence-corrected chi connectivity index (χ3v) is 1.97. The van der Waals surface area contributed by atoms with Crippen LogP contribution in [0, 0.1) is 0 Å². The first-order valence-electron chi connectivity index (χ1n) is 5.09. The maximum atomic E-state index is 11.2. The molecule has 0 radical (unpaired) electrons. The van der Waals surface area contributed by atoms with Crippen molar-refractivity contribution in [2.75, 3.05) is 19.6 Å². The van der Waals surface area contributed by atoms with Crippen molar-refractivity contribution in [3.8, 4) is 0 Å². The van der Waals surface area contributed by atoms with Crippen LogP contribution in [0.4, 0.5) is 0 Å². The molecule has 1 rings (SSSR count). The van der Waals surface area contributed by atoms with E-state index in [2.05, 4.69) is 4.90 Å². The Balaban J connectivity index is 2.18. The normalized spacial score (nSPS) is 18.2. The molecular weight excluding hydrogens is 178 g/mol. The molecule has 0 atom stereocenters. The molecule has 0 saturated carbocycles. The number of esters is 1. The average Bonchev–Trinajstić information content (AvgIpc) is 1.90. The number of carbonyl (C=O) groups is 1. The molecule has 14 heavy (non-hydrogen) atoms. The molecule has 0 unspecified atom stereocenters. The number of carbonyl (C=O) groups excluding carboxylic acids is 1. The summed E-state index contributed by atoms with van der Waals surface area (Å²) in [6.07, 6.45) is 4.66. The SMILES string of the molecule is CC(C)(C)OC(=O)/C=C/CN1CCC1. The zero-order valence-electron chi connectivity index (χ0n) is 9.25. The number of hydrogen-bond donors (Lipinski definition) is 0. The van der Waals surface area contributed by atoms with Gasteiger partial charge in [-0.2, -0.15) is 0 Å². The van der Waals surface area contributed by atoms with Crippen molar-refractivity contribution in [2.24, 2.45) is 0 Å². The fourth-order valence-electron chi connectivity index (χ4n) is 1.20. The van der Waals surface area contributed by atoms with Crippen LogP contribution in [0.1, 0.15) is 27.2 Å². The monoisotopic (exact) mass is 197 g/mol. The third-order valence-electron chi connectivity index (χ3n) is 1.97.